The lowest BCUT2D eigenvalue weighted by molar-refractivity contribution is -0.204. The molecule has 280 valence electrons. The number of ether oxygens (including phenoxy) is 3. The fourth-order valence-electron chi connectivity index (χ4n) is 13.0. The van der Waals surface area contributed by atoms with Gasteiger partial charge in [0.15, 0.2) is 5.78 Å². The van der Waals surface area contributed by atoms with Crippen LogP contribution in [0.15, 0.2) is 11.1 Å². The van der Waals surface area contributed by atoms with Gasteiger partial charge in [-0.25, -0.2) is 0 Å². The summed E-state index contributed by atoms with van der Waals surface area (Å²) in [6, 6.07) is -0.497. The lowest BCUT2D eigenvalue weighted by Gasteiger charge is -2.63. The Balaban J connectivity index is 1.05. The molecule has 1 amide bonds. The maximum Gasteiger partial charge on any atom is 0.239 e. The maximum absolute atomic E-state index is 14.5. The zero-order valence-electron chi connectivity index (χ0n) is 30.6. The number of carbonyl (C=O) groups excluding carboxylic acids is 2. The molecule has 0 spiro atoms. The number of carbonyl (C=O) groups is 2. The summed E-state index contributed by atoms with van der Waals surface area (Å²) in [5.74, 6) is -0.767. The van der Waals surface area contributed by atoms with Crippen LogP contribution in [0.25, 0.3) is 0 Å². The number of aliphatic hydroxyl groups excluding tert-OH is 2. The van der Waals surface area contributed by atoms with Crippen LogP contribution in [0.1, 0.15) is 91.9 Å². The van der Waals surface area contributed by atoms with Gasteiger partial charge in [-0.3, -0.25) is 14.9 Å². The monoisotopic (exact) mass is 700 g/mol. The third-order valence-corrected chi connectivity index (χ3v) is 15.9. The van der Waals surface area contributed by atoms with Gasteiger partial charge in [0, 0.05) is 44.7 Å². The van der Waals surface area contributed by atoms with Crippen LogP contribution < -0.4 is 5.32 Å². The van der Waals surface area contributed by atoms with Crippen molar-refractivity contribution >= 4 is 11.7 Å². The first-order valence-corrected chi connectivity index (χ1v) is 19.6. The molecular formula is C39H60N2O9. The van der Waals surface area contributed by atoms with Gasteiger partial charge in [0.05, 0.1) is 29.5 Å². The molecule has 0 aromatic carbocycles. The minimum Gasteiger partial charge on any atom is -0.387 e. The quantitative estimate of drug-likeness (QED) is 0.179. The summed E-state index contributed by atoms with van der Waals surface area (Å²) in [5.41, 5.74) is -2.08. The second kappa shape index (κ2) is 12.3. The second-order valence-electron chi connectivity index (χ2n) is 18.2. The first-order valence-electron chi connectivity index (χ1n) is 19.6. The molecule has 11 nitrogen and oxygen atoms in total. The molecule has 8 rings (SSSR count). The molecule has 3 saturated heterocycles. The Bertz CT molecular complexity index is 1420. The Hall–Kier alpha value is -1.44. The van der Waals surface area contributed by atoms with E-state index in [0.29, 0.717) is 45.3 Å². The van der Waals surface area contributed by atoms with Gasteiger partial charge in [0.25, 0.3) is 0 Å². The standard InChI is InChI=1S/C39H60N2O9/c1-20-24-19-27(35(45)41-13-14-41)40-34(44)32(24)50-31(20)33(43)38(4,46)28-17-21-7-8-23-29-25(10-12-37(28,3)39(21,29)47)36(2)11-9-22(18-26(36)30(23)42)49-16-6-15-48-5/h20-22,24-28,31-34,40,43-44,46-47H,6-19H2,1-5H3/t20-,21+,22+,24-,25+,26+,27+,28+,31+,32-,33-,34+,36-,37-,38+,39-/m1/s1. The van der Waals surface area contributed by atoms with Gasteiger partial charge >= 0.3 is 0 Å². The Kier molecular flexibility index (Phi) is 8.75. The Morgan fingerprint density at radius 3 is 2.60 bits per heavy atom. The summed E-state index contributed by atoms with van der Waals surface area (Å²) in [4.78, 5) is 29.1. The lowest BCUT2D eigenvalue weighted by atomic mass is 9.42. The molecule has 3 saturated carbocycles. The number of fused-ring (bicyclic) bond motifs is 3. The van der Waals surface area contributed by atoms with Crippen LogP contribution in [0.4, 0.5) is 0 Å². The van der Waals surface area contributed by atoms with Crippen LogP contribution >= 0.6 is 0 Å². The van der Waals surface area contributed by atoms with E-state index < -0.39 is 53.1 Å². The Labute approximate surface area is 296 Å². The van der Waals surface area contributed by atoms with E-state index in [1.54, 1.807) is 18.9 Å². The fourth-order valence-corrected chi connectivity index (χ4v) is 13.0. The van der Waals surface area contributed by atoms with E-state index in [1.165, 1.54) is 0 Å². The number of nitrogens with one attached hydrogen (secondary N) is 1. The van der Waals surface area contributed by atoms with Crippen molar-refractivity contribution < 1.29 is 44.2 Å². The van der Waals surface area contributed by atoms with Crippen molar-refractivity contribution in [2.75, 3.05) is 33.4 Å². The summed E-state index contributed by atoms with van der Waals surface area (Å²) < 4.78 is 17.8. The lowest BCUT2D eigenvalue weighted by Crippen LogP contribution is -2.65. The van der Waals surface area contributed by atoms with Crippen LogP contribution in [-0.2, 0) is 23.8 Å². The van der Waals surface area contributed by atoms with Gasteiger partial charge in [-0.1, -0.05) is 20.8 Å². The van der Waals surface area contributed by atoms with Crippen LogP contribution in [0.2, 0.25) is 0 Å². The number of hydrogen-bond donors (Lipinski definition) is 5. The highest BCUT2D eigenvalue weighted by atomic mass is 16.5. The summed E-state index contributed by atoms with van der Waals surface area (Å²) in [7, 11) is 1.69. The summed E-state index contributed by atoms with van der Waals surface area (Å²) in [5, 5.41) is 52.0. The van der Waals surface area contributed by atoms with Gasteiger partial charge in [-0.05, 0) is 117 Å². The minimum absolute atomic E-state index is 0.00889. The Morgan fingerprint density at radius 2 is 1.88 bits per heavy atom. The second-order valence-corrected chi connectivity index (χ2v) is 18.2. The highest BCUT2D eigenvalue weighted by Gasteiger charge is 2.74. The molecular weight excluding hydrogens is 640 g/mol. The number of hydrogen-bond acceptors (Lipinski definition) is 10. The number of ketones is 1. The molecule has 50 heavy (non-hydrogen) atoms. The first kappa shape index (κ1) is 35.6. The largest absolute Gasteiger partial charge is 0.387 e. The molecule has 0 radical (unpaired) electrons. The number of amides is 1. The van der Waals surface area contributed by atoms with Crippen molar-refractivity contribution in [3.8, 4) is 0 Å². The molecule has 3 heterocycles. The molecule has 3 aliphatic heterocycles. The minimum atomic E-state index is -1.61. The normalized spacial score (nSPS) is 49.6. The van der Waals surface area contributed by atoms with Crippen molar-refractivity contribution in [2.24, 2.45) is 46.3 Å². The summed E-state index contributed by atoms with van der Waals surface area (Å²) in [6.45, 7) is 10.8. The smallest absolute Gasteiger partial charge is 0.239 e. The van der Waals surface area contributed by atoms with Crippen molar-refractivity contribution in [3.05, 3.63) is 11.1 Å². The number of piperidine rings is 1. The number of rotatable bonds is 9. The molecule has 6 fully saturated rings. The van der Waals surface area contributed by atoms with E-state index in [2.05, 4.69) is 19.2 Å². The third kappa shape index (κ3) is 4.96. The molecule has 0 unspecified atom stereocenters. The van der Waals surface area contributed by atoms with Crippen LogP contribution in [0.3, 0.4) is 0 Å². The molecule has 8 aliphatic rings. The predicted molar refractivity (Wildman–Crippen MR) is 182 cm³/mol. The average molecular weight is 701 g/mol. The fraction of sp³-hybridized carbons (Fsp3) is 0.897. The predicted octanol–water partition coefficient (Wildman–Crippen LogP) is 2.33. The summed E-state index contributed by atoms with van der Waals surface area (Å²) >= 11 is 0. The highest BCUT2D eigenvalue weighted by molar-refractivity contribution is 6.00. The maximum atomic E-state index is 14.5. The Morgan fingerprint density at radius 1 is 1.12 bits per heavy atom. The molecule has 0 aromatic heterocycles. The zero-order chi connectivity index (χ0) is 35.5. The SMILES string of the molecule is COCCCO[C@H]1CC[C@@]2(C)[C@@H](C1)C(=O)C1=C3[C@@H]2CC[C@]2(C)[C@@H]([C@](C)(O)[C@H](O)[C@H]4O[C@@H]5[C@H](C[C@@H](C(=O)N6CC6)N[C@H]5O)[C@H]4C)C[C@H](CC1)[C@@]32O. The highest BCUT2D eigenvalue weighted by Crippen LogP contribution is 2.73. The van der Waals surface area contributed by atoms with E-state index >= 15 is 0 Å². The van der Waals surface area contributed by atoms with E-state index in [-0.39, 0.29) is 52.8 Å². The number of Topliss-reactive ketones (excluding diaryl/α,β-unsaturated/α-hetero) is 1. The number of nitrogens with zero attached hydrogens (tertiary/aromatic N) is 1. The van der Waals surface area contributed by atoms with Crippen molar-refractivity contribution in [1.29, 1.82) is 0 Å². The number of aliphatic hydroxyl groups is 4. The molecule has 5 N–H and O–H groups in total. The topological polar surface area (TPSA) is 158 Å². The molecule has 5 aliphatic carbocycles. The van der Waals surface area contributed by atoms with Crippen LogP contribution in [0, 0.1) is 46.3 Å². The third-order valence-electron chi connectivity index (χ3n) is 15.9. The van der Waals surface area contributed by atoms with Gasteiger partial charge < -0.3 is 39.5 Å². The first-order chi connectivity index (χ1) is 23.7. The van der Waals surface area contributed by atoms with E-state index in [1.807, 2.05) is 6.92 Å². The van der Waals surface area contributed by atoms with Crippen LogP contribution in [-0.4, -0.2) is 118 Å². The summed E-state index contributed by atoms with van der Waals surface area (Å²) in [6.07, 6.45) is 3.61. The molecule has 11 heteroatoms. The molecule has 0 bridgehead atoms. The van der Waals surface area contributed by atoms with Crippen molar-refractivity contribution in [1.82, 2.24) is 10.2 Å². The van der Waals surface area contributed by atoms with Crippen molar-refractivity contribution in [3.63, 3.8) is 0 Å². The number of allylic oxidation sites excluding steroid dienone is 1. The van der Waals surface area contributed by atoms with Gasteiger partial charge in [-0.2, -0.15) is 0 Å². The molecule has 16 atom stereocenters. The number of methoxy groups -OCH3 is 1. The zero-order valence-corrected chi connectivity index (χ0v) is 30.6. The average Bonchev–Trinajstić information content (AvgIpc) is 3.84. The van der Waals surface area contributed by atoms with Gasteiger partial charge in [-0.15, -0.1) is 0 Å². The van der Waals surface area contributed by atoms with E-state index in [4.69, 9.17) is 14.2 Å². The van der Waals surface area contributed by atoms with E-state index in [9.17, 15) is 30.0 Å². The van der Waals surface area contributed by atoms with Gasteiger partial charge in [0.2, 0.25) is 5.91 Å². The van der Waals surface area contributed by atoms with Crippen molar-refractivity contribution in [2.45, 2.75) is 140 Å². The molecule has 0 aromatic rings. The van der Waals surface area contributed by atoms with Crippen LogP contribution in [0.5, 0.6) is 0 Å². The van der Waals surface area contributed by atoms with Gasteiger partial charge in [0.1, 0.15) is 18.4 Å². The van der Waals surface area contributed by atoms with E-state index in [0.717, 1.165) is 56.3 Å².